The van der Waals surface area contributed by atoms with Crippen LogP contribution >= 0.6 is 0 Å². The number of rotatable bonds is 5. The van der Waals surface area contributed by atoms with Gasteiger partial charge in [-0.3, -0.25) is 4.79 Å². The van der Waals surface area contributed by atoms with E-state index in [9.17, 15) is 4.79 Å². The van der Waals surface area contributed by atoms with E-state index in [-0.39, 0.29) is 17.9 Å². The SMILES string of the molecule is CC(C)C(Cn1nccn1)NC(=O)c1cccc(C#N)c1. The van der Waals surface area contributed by atoms with Crippen LogP contribution in [0, 0.1) is 17.2 Å². The first-order valence-electron chi connectivity index (χ1n) is 6.75. The Morgan fingerprint density at radius 3 is 2.71 bits per heavy atom. The van der Waals surface area contributed by atoms with Gasteiger partial charge in [0.2, 0.25) is 0 Å². The van der Waals surface area contributed by atoms with Crippen LogP contribution in [-0.2, 0) is 6.54 Å². The Morgan fingerprint density at radius 2 is 2.10 bits per heavy atom. The summed E-state index contributed by atoms with van der Waals surface area (Å²) in [7, 11) is 0. The lowest BCUT2D eigenvalue weighted by Gasteiger charge is -2.21. The third-order valence-electron chi connectivity index (χ3n) is 3.20. The van der Waals surface area contributed by atoms with E-state index in [4.69, 9.17) is 5.26 Å². The Morgan fingerprint density at radius 1 is 1.38 bits per heavy atom. The maximum Gasteiger partial charge on any atom is 0.251 e. The number of nitriles is 1. The first-order chi connectivity index (χ1) is 10.1. The van der Waals surface area contributed by atoms with E-state index in [0.717, 1.165) is 0 Å². The predicted octanol–water partition coefficient (Wildman–Crippen LogP) is 1.60. The lowest BCUT2D eigenvalue weighted by molar-refractivity contribution is 0.0918. The van der Waals surface area contributed by atoms with Gasteiger partial charge in [-0.1, -0.05) is 19.9 Å². The average Bonchev–Trinajstić information content (AvgIpc) is 2.99. The van der Waals surface area contributed by atoms with Gasteiger partial charge in [0.15, 0.2) is 0 Å². The maximum absolute atomic E-state index is 12.3. The molecule has 21 heavy (non-hydrogen) atoms. The summed E-state index contributed by atoms with van der Waals surface area (Å²) >= 11 is 0. The first kappa shape index (κ1) is 14.7. The fourth-order valence-corrected chi connectivity index (χ4v) is 1.92. The molecule has 1 atom stereocenters. The predicted molar refractivity (Wildman–Crippen MR) is 77.3 cm³/mol. The van der Waals surface area contributed by atoms with E-state index >= 15 is 0 Å². The van der Waals surface area contributed by atoms with E-state index in [2.05, 4.69) is 15.5 Å². The number of hydrogen-bond acceptors (Lipinski definition) is 4. The van der Waals surface area contributed by atoms with Gasteiger partial charge in [0, 0.05) is 5.56 Å². The summed E-state index contributed by atoms with van der Waals surface area (Å²) in [6, 6.07) is 8.59. The van der Waals surface area contributed by atoms with Crippen molar-refractivity contribution in [3.05, 3.63) is 47.8 Å². The molecule has 2 aromatic rings. The standard InChI is InChI=1S/C15H17N5O/c1-11(2)14(10-20-17-6-7-18-20)19-15(21)13-5-3-4-12(8-13)9-16/h3-8,11,14H,10H2,1-2H3,(H,19,21). The van der Waals surface area contributed by atoms with Crippen molar-refractivity contribution in [2.24, 2.45) is 5.92 Å². The molecule has 0 saturated heterocycles. The Bertz CT molecular complexity index is 642. The molecule has 1 heterocycles. The molecule has 0 spiro atoms. The normalized spacial score (nSPS) is 11.9. The quantitative estimate of drug-likeness (QED) is 0.903. The van der Waals surface area contributed by atoms with Crippen LogP contribution in [0.3, 0.4) is 0 Å². The smallest absolute Gasteiger partial charge is 0.251 e. The maximum atomic E-state index is 12.3. The van der Waals surface area contributed by atoms with Crippen molar-refractivity contribution in [1.29, 1.82) is 5.26 Å². The number of nitrogens with one attached hydrogen (secondary N) is 1. The molecule has 1 unspecified atom stereocenters. The van der Waals surface area contributed by atoms with Gasteiger partial charge in [-0.25, -0.2) is 0 Å². The topological polar surface area (TPSA) is 83.6 Å². The summed E-state index contributed by atoms with van der Waals surface area (Å²) in [5.74, 6) is 0.0389. The van der Waals surface area contributed by atoms with Crippen molar-refractivity contribution < 1.29 is 4.79 Å². The van der Waals surface area contributed by atoms with E-state index in [0.29, 0.717) is 17.7 Å². The molecule has 108 valence electrons. The van der Waals surface area contributed by atoms with Crippen molar-refractivity contribution >= 4 is 5.91 Å². The van der Waals surface area contributed by atoms with Crippen molar-refractivity contribution in [2.45, 2.75) is 26.4 Å². The van der Waals surface area contributed by atoms with Crippen LogP contribution in [-0.4, -0.2) is 26.9 Å². The van der Waals surface area contributed by atoms with E-state index < -0.39 is 0 Å². The van der Waals surface area contributed by atoms with Crippen LogP contribution in [0.2, 0.25) is 0 Å². The highest BCUT2D eigenvalue weighted by Gasteiger charge is 2.18. The van der Waals surface area contributed by atoms with Gasteiger partial charge in [-0.15, -0.1) is 0 Å². The minimum absolute atomic E-state index is 0.0874. The van der Waals surface area contributed by atoms with Gasteiger partial charge in [0.05, 0.1) is 36.6 Å². The fourth-order valence-electron chi connectivity index (χ4n) is 1.92. The van der Waals surface area contributed by atoms with Crippen molar-refractivity contribution in [2.75, 3.05) is 0 Å². The number of aromatic nitrogens is 3. The molecule has 0 bridgehead atoms. The van der Waals surface area contributed by atoms with Gasteiger partial charge in [-0.2, -0.15) is 20.3 Å². The summed E-state index contributed by atoms with van der Waals surface area (Å²) in [6.45, 7) is 4.56. The zero-order valence-electron chi connectivity index (χ0n) is 12.0. The summed E-state index contributed by atoms with van der Waals surface area (Å²) in [4.78, 5) is 13.8. The first-order valence-corrected chi connectivity index (χ1v) is 6.75. The van der Waals surface area contributed by atoms with Gasteiger partial charge in [-0.05, 0) is 24.1 Å². The Labute approximate surface area is 123 Å². The Hall–Kier alpha value is -2.68. The molecular weight excluding hydrogens is 266 g/mol. The third-order valence-corrected chi connectivity index (χ3v) is 3.20. The second kappa shape index (κ2) is 6.66. The second-order valence-electron chi connectivity index (χ2n) is 5.10. The van der Waals surface area contributed by atoms with E-state index in [1.165, 1.54) is 0 Å². The van der Waals surface area contributed by atoms with Crippen molar-refractivity contribution in [3.8, 4) is 6.07 Å². The minimum Gasteiger partial charge on any atom is -0.347 e. The highest BCUT2D eigenvalue weighted by molar-refractivity contribution is 5.94. The molecule has 1 aromatic carbocycles. The molecule has 0 fully saturated rings. The third kappa shape index (κ3) is 3.89. The number of benzene rings is 1. The monoisotopic (exact) mass is 283 g/mol. The van der Waals surface area contributed by atoms with Gasteiger partial charge >= 0.3 is 0 Å². The molecule has 6 heteroatoms. The van der Waals surface area contributed by atoms with Gasteiger partial charge in [0.25, 0.3) is 5.91 Å². The fraction of sp³-hybridized carbons (Fsp3) is 0.333. The number of hydrogen-bond donors (Lipinski definition) is 1. The van der Waals surface area contributed by atoms with Crippen LogP contribution in [0.25, 0.3) is 0 Å². The highest BCUT2D eigenvalue weighted by Crippen LogP contribution is 2.08. The van der Waals surface area contributed by atoms with E-state index in [1.807, 2.05) is 19.9 Å². The number of nitrogens with zero attached hydrogens (tertiary/aromatic N) is 4. The van der Waals surface area contributed by atoms with Crippen LogP contribution < -0.4 is 5.32 Å². The van der Waals surface area contributed by atoms with Crippen molar-refractivity contribution in [1.82, 2.24) is 20.3 Å². The minimum atomic E-state index is -0.196. The highest BCUT2D eigenvalue weighted by atomic mass is 16.1. The second-order valence-corrected chi connectivity index (χ2v) is 5.10. The summed E-state index contributed by atoms with van der Waals surface area (Å²) in [5.41, 5.74) is 0.950. The molecule has 1 N–H and O–H groups in total. The molecule has 1 amide bonds. The molecule has 2 rings (SSSR count). The molecule has 0 aliphatic carbocycles. The van der Waals surface area contributed by atoms with Crippen LogP contribution in [0.5, 0.6) is 0 Å². The zero-order chi connectivity index (χ0) is 15.2. The molecule has 0 aliphatic heterocycles. The lowest BCUT2D eigenvalue weighted by atomic mass is 10.0. The van der Waals surface area contributed by atoms with Gasteiger partial charge < -0.3 is 5.32 Å². The molecular formula is C15H17N5O. The molecule has 1 aromatic heterocycles. The lowest BCUT2D eigenvalue weighted by Crippen LogP contribution is -2.42. The number of amides is 1. The average molecular weight is 283 g/mol. The van der Waals surface area contributed by atoms with Crippen LogP contribution in [0.1, 0.15) is 29.8 Å². The molecule has 0 radical (unpaired) electrons. The molecule has 0 saturated carbocycles. The largest absolute Gasteiger partial charge is 0.347 e. The number of carbonyl (C=O) groups excluding carboxylic acids is 1. The summed E-state index contributed by atoms with van der Waals surface area (Å²) in [5, 5.41) is 20.0. The van der Waals surface area contributed by atoms with Crippen LogP contribution in [0.4, 0.5) is 0 Å². The van der Waals surface area contributed by atoms with Gasteiger partial charge in [0.1, 0.15) is 0 Å². The molecule has 6 nitrogen and oxygen atoms in total. The van der Waals surface area contributed by atoms with Crippen molar-refractivity contribution in [3.63, 3.8) is 0 Å². The van der Waals surface area contributed by atoms with Crippen LogP contribution in [0.15, 0.2) is 36.7 Å². The summed E-state index contributed by atoms with van der Waals surface area (Å²) in [6.07, 6.45) is 3.21. The molecule has 0 aliphatic rings. The summed E-state index contributed by atoms with van der Waals surface area (Å²) < 4.78 is 0. The van der Waals surface area contributed by atoms with E-state index in [1.54, 1.807) is 41.5 Å². The number of carbonyl (C=O) groups is 1. The Kier molecular flexibility index (Phi) is 4.67. The zero-order valence-corrected chi connectivity index (χ0v) is 12.0. The Balaban J connectivity index is 2.09.